The first-order chi connectivity index (χ1) is 10.4. The molecule has 1 aromatic rings. The lowest BCUT2D eigenvalue weighted by molar-refractivity contribution is -0.137. The second kappa shape index (κ2) is 8.06. The van der Waals surface area contributed by atoms with Crippen LogP contribution in [0.2, 0.25) is 0 Å². The molecule has 2 N–H and O–H groups in total. The Morgan fingerprint density at radius 2 is 1.82 bits per heavy atom. The van der Waals surface area contributed by atoms with Crippen molar-refractivity contribution >= 4 is 12.0 Å². The van der Waals surface area contributed by atoms with Crippen molar-refractivity contribution in [2.45, 2.75) is 6.18 Å². The Morgan fingerprint density at radius 1 is 1.18 bits per heavy atom. The Hall–Kier alpha value is -2.51. The summed E-state index contributed by atoms with van der Waals surface area (Å²) in [6.45, 7) is 3.39. The van der Waals surface area contributed by atoms with Gasteiger partial charge in [0.2, 0.25) is 0 Å². The van der Waals surface area contributed by atoms with Crippen LogP contribution in [0.1, 0.15) is 15.9 Å². The maximum Gasteiger partial charge on any atom is 0.417 e. The number of alkyl carbamates (subject to hydrolysis) is 1. The molecular formula is C14H15F3N2O3. The summed E-state index contributed by atoms with van der Waals surface area (Å²) in [5.74, 6) is -0.866. The number of halogens is 3. The number of ether oxygens (including phenoxy) is 1. The van der Waals surface area contributed by atoms with Gasteiger partial charge in [-0.1, -0.05) is 24.8 Å². The molecule has 0 saturated carbocycles. The Morgan fingerprint density at radius 3 is 2.45 bits per heavy atom. The predicted octanol–water partition coefficient (Wildman–Crippen LogP) is 2.35. The zero-order valence-electron chi connectivity index (χ0n) is 11.6. The van der Waals surface area contributed by atoms with E-state index in [0.717, 1.165) is 12.1 Å². The van der Waals surface area contributed by atoms with Crippen molar-refractivity contribution in [3.63, 3.8) is 0 Å². The highest BCUT2D eigenvalue weighted by Crippen LogP contribution is 2.31. The van der Waals surface area contributed by atoms with E-state index < -0.39 is 29.3 Å². The molecule has 22 heavy (non-hydrogen) atoms. The number of nitrogens with one attached hydrogen (secondary N) is 2. The Bertz CT molecular complexity index is 544. The maximum atomic E-state index is 12.8. The molecule has 0 aliphatic rings. The fourth-order valence-electron chi connectivity index (χ4n) is 1.55. The number of hydrogen-bond donors (Lipinski definition) is 2. The number of amides is 2. The lowest BCUT2D eigenvalue weighted by Gasteiger charge is -2.12. The molecule has 0 aliphatic heterocycles. The third-order valence-electron chi connectivity index (χ3n) is 2.49. The molecule has 0 bridgehead atoms. The molecular weight excluding hydrogens is 301 g/mol. The van der Waals surface area contributed by atoms with E-state index in [9.17, 15) is 22.8 Å². The first kappa shape index (κ1) is 17.5. The molecule has 0 aromatic heterocycles. The summed E-state index contributed by atoms with van der Waals surface area (Å²) in [4.78, 5) is 22.8. The number of benzene rings is 1. The summed E-state index contributed by atoms with van der Waals surface area (Å²) < 4.78 is 42.9. The first-order valence-corrected chi connectivity index (χ1v) is 6.32. The zero-order valence-corrected chi connectivity index (χ0v) is 11.6. The molecule has 0 unspecified atom stereocenters. The fourth-order valence-corrected chi connectivity index (χ4v) is 1.55. The highest BCUT2D eigenvalue weighted by atomic mass is 19.4. The molecule has 2 amide bonds. The van der Waals surface area contributed by atoms with Crippen LogP contribution in [-0.4, -0.2) is 31.7 Å². The first-order valence-electron chi connectivity index (χ1n) is 6.32. The summed E-state index contributed by atoms with van der Waals surface area (Å²) in [7, 11) is 0. The van der Waals surface area contributed by atoms with Crippen LogP contribution in [0.25, 0.3) is 0 Å². The molecule has 1 aromatic carbocycles. The van der Waals surface area contributed by atoms with E-state index in [0.29, 0.717) is 0 Å². The van der Waals surface area contributed by atoms with Crippen molar-refractivity contribution in [3.05, 3.63) is 48.0 Å². The number of carbonyl (C=O) groups excluding carboxylic acids is 2. The van der Waals surface area contributed by atoms with Crippen molar-refractivity contribution in [1.82, 2.24) is 10.6 Å². The second-order valence-electron chi connectivity index (χ2n) is 4.11. The summed E-state index contributed by atoms with van der Waals surface area (Å²) >= 11 is 0. The molecule has 0 saturated heterocycles. The third kappa shape index (κ3) is 5.47. The van der Waals surface area contributed by atoms with Gasteiger partial charge in [0.25, 0.3) is 5.91 Å². The number of alkyl halides is 3. The van der Waals surface area contributed by atoms with Crippen LogP contribution in [-0.2, 0) is 10.9 Å². The highest BCUT2D eigenvalue weighted by Gasteiger charge is 2.34. The largest absolute Gasteiger partial charge is 0.445 e. The van der Waals surface area contributed by atoms with Crippen molar-refractivity contribution < 1.29 is 27.5 Å². The van der Waals surface area contributed by atoms with E-state index in [1.165, 1.54) is 18.2 Å². The van der Waals surface area contributed by atoms with Gasteiger partial charge in [-0.25, -0.2) is 4.79 Å². The number of carbonyl (C=O) groups is 2. The molecule has 0 spiro atoms. The summed E-state index contributed by atoms with van der Waals surface area (Å²) in [6.07, 6.45) is -3.93. The molecule has 0 atom stereocenters. The molecule has 8 heteroatoms. The van der Waals surface area contributed by atoms with Gasteiger partial charge >= 0.3 is 12.3 Å². The molecule has 0 fully saturated rings. The van der Waals surface area contributed by atoms with Gasteiger partial charge in [0.1, 0.15) is 6.61 Å². The van der Waals surface area contributed by atoms with Crippen LogP contribution >= 0.6 is 0 Å². The van der Waals surface area contributed by atoms with Gasteiger partial charge in [-0.2, -0.15) is 13.2 Å². The normalized spacial score (nSPS) is 10.7. The van der Waals surface area contributed by atoms with Crippen LogP contribution in [0, 0.1) is 0 Å². The van der Waals surface area contributed by atoms with E-state index in [1.54, 1.807) is 0 Å². The molecule has 120 valence electrons. The Labute approximate surface area is 125 Å². The van der Waals surface area contributed by atoms with Gasteiger partial charge in [0, 0.05) is 13.1 Å². The Balaban J connectivity index is 2.50. The minimum absolute atomic E-state index is 0.0237. The van der Waals surface area contributed by atoms with Crippen molar-refractivity contribution in [1.29, 1.82) is 0 Å². The van der Waals surface area contributed by atoms with E-state index in [4.69, 9.17) is 0 Å². The standard InChI is InChI=1S/C14H15F3N2O3/c1-2-9-22-13(21)19-8-7-18-12(20)10-5-3-4-6-11(10)14(15,16)17/h2-6H,1,7-9H2,(H,18,20)(H,19,21). The average Bonchev–Trinajstić information content (AvgIpc) is 2.48. The van der Waals surface area contributed by atoms with Gasteiger partial charge in [0.05, 0.1) is 11.1 Å². The average molecular weight is 316 g/mol. The lowest BCUT2D eigenvalue weighted by Crippen LogP contribution is -2.35. The lowest BCUT2D eigenvalue weighted by atomic mass is 10.1. The summed E-state index contributed by atoms with van der Waals surface area (Å²) in [5.41, 5.74) is -1.48. The van der Waals surface area contributed by atoms with Crippen LogP contribution < -0.4 is 10.6 Å². The number of rotatable bonds is 6. The van der Waals surface area contributed by atoms with E-state index in [1.807, 2.05) is 0 Å². The van der Waals surface area contributed by atoms with Crippen LogP contribution in [0.15, 0.2) is 36.9 Å². The van der Waals surface area contributed by atoms with Gasteiger partial charge in [0.15, 0.2) is 0 Å². The van der Waals surface area contributed by atoms with Crippen LogP contribution in [0.4, 0.5) is 18.0 Å². The molecule has 5 nitrogen and oxygen atoms in total. The minimum atomic E-state index is -4.61. The van der Waals surface area contributed by atoms with Crippen LogP contribution in [0.3, 0.4) is 0 Å². The molecule has 0 radical (unpaired) electrons. The summed E-state index contributed by atoms with van der Waals surface area (Å²) in [5, 5.41) is 4.62. The molecule has 0 aliphatic carbocycles. The van der Waals surface area contributed by atoms with Crippen molar-refractivity contribution in [3.8, 4) is 0 Å². The fraction of sp³-hybridized carbons (Fsp3) is 0.286. The Kier molecular flexibility index (Phi) is 6.43. The molecule has 1 rings (SSSR count). The van der Waals surface area contributed by atoms with Crippen LogP contribution in [0.5, 0.6) is 0 Å². The van der Waals surface area contributed by atoms with Gasteiger partial charge in [-0.3, -0.25) is 4.79 Å². The van der Waals surface area contributed by atoms with Gasteiger partial charge in [-0.05, 0) is 12.1 Å². The van der Waals surface area contributed by atoms with E-state index in [2.05, 4.69) is 21.9 Å². The zero-order chi connectivity index (χ0) is 16.6. The SMILES string of the molecule is C=CCOC(=O)NCCNC(=O)c1ccccc1C(F)(F)F. The van der Waals surface area contributed by atoms with E-state index >= 15 is 0 Å². The van der Waals surface area contributed by atoms with Crippen molar-refractivity contribution in [2.24, 2.45) is 0 Å². The predicted molar refractivity (Wildman–Crippen MR) is 73.3 cm³/mol. The second-order valence-corrected chi connectivity index (χ2v) is 4.11. The smallest absolute Gasteiger partial charge is 0.417 e. The van der Waals surface area contributed by atoms with Crippen molar-refractivity contribution in [2.75, 3.05) is 19.7 Å². The monoisotopic (exact) mass is 316 g/mol. The summed E-state index contributed by atoms with van der Waals surface area (Å²) in [6, 6.07) is 4.47. The van der Waals surface area contributed by atoms with E-state index in [-0.39, 0.29) is 19.7 Å². The third-order valence-corrected chi connectivity index (χ3v) is 2.49. The topological polar surface area (TPSA) is 67.4 Å². The quantitative estimate of drug-likeness (QED) is 0.625. The highest BCUT2D eigenvalue weighted by molar-refractivity contribution is 5.95. The van der Waals surface area contributed by atoms with Gasteiger partial charge in [-0.15, -0.1) is 0 Å². The van der Waals surface area contributed by atoms with Gasteiger partial charge < -0.3 is 15.4 Å². The minimum Gasteiger partial charge on any atom is -0.445 e. The maximum absolute atomic E-state index is 12.8. The number of hydrogen-bond acceptors (Lipinski definition) is 3. The molecule has 0 heterocycles.